The van der Waals surface area contributed by atoms with Crippen LogP contribution in [0.1, 0.15) is 10.7 Å². The molecule has 0 saturated carbocycles. The molecule has 0 amide bonds. The van der Waals surface area contributed by atoms with Crippen molar-refractivity contribution in [3.8, 4) is 28.3 Å². The quantitative estimate of drug-likeness (QED) is 0.490. The van der Waals surface area contributed by atoms with E-state index in [1.807, 2.05) is 0 Å². The Labute approximate surface area is 179 Å². The zero-order valence-electron chi connectivity index (χ0n) is 14.8. The van der Waals surface area contributed by atoms with Gasteiger partial charge < -0.3 is 14.3 Å². The average molecular weight is 502 g/mol. The van der Waals surface area contributed by atoms with Gasteiger partial charge in [0.05, 0.1) is 17.0 Å². The lowest BCUT2D eigenvalue weighted by molar-refractivity contribution is -0.136. The number of aliphatic carboxylic acids is 1. The fraction of sp³-hybridized carbons (Fsp3) is 0.111. The van der Waals surface area contributed by atoms with Crippen LogP contribution < -0.4 is 9.88 Å². The van der Waals surface area contributed by atoms with Crippen molar-refractivity contribution in [2.45, 2.75) is 9.72 Å². The highest BCUT2D eigenvalue weighted by Crippen LogP contribution is 2.38. The summed E-state index contributed by atoms with van der Waals surface area (Å²) >= 11 is 9.22. The summed E-state index contributed by atoms with van der Waals surface area (Å²) in [7, 11) is -2.38. The van der Waals surface area contributed by atoms with E-state index >= 15 is 0 Å². The van der Waals surface area contributed by atoms with Crippen LogP contribution in [0.2, 0.25) is 5.02 Å². The van der Waals surface area contributed by atoms with Crippen molar-refractivity contribution in [1.82, 2.24) is 4.98 Å². The van der Waals surface area contributed by atoms with Crippen LogP contribution in [0.5, 0.6) is 5.75 Å². The molecule has 1 aromatic heterocycles. The third kappa shape index (κ3) is 4.45. The Morgan fingerprint density at radius 1 is 1.24 bits per heavy atom. The van der Waals surface area contributed by atoms with Crippen molar-refractivity contribution in [3.63, 3.8) is 0 Å². The lowest BCUT2D eigenvalue weighted by Gasteiger charge is -2.06. The Balaban J connectivity index is 2.17. The first-order valence-electron chi connectivity index (χ1n) is 7.96. The van der Waals surface area contributed by atoms with Crippen molar-refractivity contribution in [2.24, 2.45) is 5.14 Å². The zero-order valence-corrected chi connectivity index (χ0v) is 18.0. The van der Waals surface area contributed by atoms with Crippen LogP contribution >= 0.6 is 27.5 Å². The molecule has 11 heteroatoms. The summed E-state index contributed by atoms with van der Waals surface area (Å²) in [6, 6.07) is 10.6. The zero-order chi connectivity index (χ0) is 21.3. The minimum atomic E-state index is -3.86. The normalized spacial score (nSPS) is 12.6. The molecule has 0 aliphatic carbocycles. The van der Waals surface area contributed by atoms with E-state index in [0.29, 0.717) is 27.6 Å². The standard InChI is InChI=1S/C18H14BrClN2O6S/c1-27-13-7-4-10(8-12(13)20)16-15(22-17(28-16)14(19)18(23)24)9-2-5-11(6-3-9)29(21,25)26/h2-8,14H,1H3,(H,23,24)(H2,21,25,26). The molecule has 1 unspecified atom stereocenters. The molecule has 0 spiro atoms. The molecule has 0 aliphatic heterocycles. The van der Waals surface area contributed by atoms with E-state index in [-0.39, 0.29) is 16.5 Å². The molecule has 3 aromatic rings. The minimum absolute atomic E-state index is 0.0667. The largest absolute Gasteiger partial charge is 0.495 e. The highest BCUT2D eigenvalue weighted by atomic mass is 79.9. The predicted octanol–water partition coefficient (Wildman–Crippen LogP) is 3.84. The molecule has 0 saturated heterocycles. The highest BCUT2D eigenvalue weighted by Gasteiger charge is 2.26. The maximum atomic E-state index is 11.5. The molecule has 3 rings (SSSR count). The number of carboxylic acid groups (broad SMARTS) is 1. The number of halogens is 2. The molecule has 8 nitrogen and oxygen atoms in total. The van der Waals surface area contributed by atoms with Gasteiger partial charge in [0.1, 0.15) is 11.4 Å². The van der Waals surface area contributed by atoms with Gasteiger partial charge in [-0.2, -0.15) is 0 Å². The number of carbonyl (C=O) groups is 1. The molecule has 0 radical (unpaired) electrons. The van der Waals surface area contributed by atoms with E-state index in [0.717, 1.165) is 0 Å². The van der Waals surface area contributed by atoms with Crippen LogP contribution in [0.15, 0.2) is 51.8 Å². The topological polar surface area (TPSA) is 133 Å². The van der Waals surface area contributed by atoms with Gasteiger partial charge in [-0.3, -0.25) is 4.79 Å². The first-order chi connectivity index (χ1) is 13.6. The molecule has 2 aromatic carbocycles. The Morgan fingerprint density at radius 3 is 2.38 bits per heavy atom. The molecule has 0 fully saturated rings. The molecule has 29 heavy (non-hydrogen) atoms. The van der Waals surface area contributed by atoms with Gasteiger partial charge in [0, 0.05) is 11.1 Å². The fourth-order valence-corrected chi connectivity index (χ4v) is 3.52. The summed E-state index contributed by atoms with van der Waals surface area (Å²) in [6.45, 7) is 0. The molecule has 0 aliphatic rings. The van der Waals surface area contributed by atoms with E-state index in [4.69, 9.17) is 25.9 Å². The third-order valence-electron chi connectivity index (χ3n) is 3.95. The Bertz CT molecular complexity index is 1180. The second-order valence-electron chi connectivity index (χ2n) is 5.85. The van der Waals surface area contributed by atoms with Crippen LogP contribution in [0.3, 0.4) is 0 Å². The van der Waals surface area contributed by atoms with Gasteiger partial charge in [0.2, 0.25) is 15.9 Å². The SMILES string of the molecule is COc1ccc(-c2oc(C(Br)C(=O)O)nc2-c2ccc(S(N)(=O)=O)cc2)cc1Cl. The summed E-state index contributed by atoms with van der Waals surface area (Å²) in [5.74, 6) is -0.539. The lowest BCUT2D eigenvalue weighted by atomic mass is 10.1. The van der Waals surface area contributed by atoms with Crippen LogP contribution in [0.25, 0.3) is 22.6 Å². The smallest absolute Gasteiger partial charge is 0.326 e. The van der Waals surface area contributed by atoms with Crippen LogP contribution in [0.4, 0.5) is 0 Å². The van der Waals surface area contributed by atoms with Crippen molar-refractivity contribution < 1.29 is 27.5 Å². The van der Waals surface area contributed by atoms with E-state index in [1.54, 1.807) is 18.2 Å². The number of oxazole rings is 1. The van der Waals surface area contributed by atoms with E-state index in [9.17, 15) is 18.3 Å². The number of hydrogen-bond donors (Lipinski definition) is 2. The number of aromatic nitrogens is 1. The number of ether oxygens (including phenoxy) is 1. The number of methoxy groups -OCH3 is 1. The Morgan fingerprint density at radius 2 is 1.86 bits per heavy atom. The number of hydrogen-bond acceptors (Lipinski definition) is 6. The maximum Gasteiger partial charge on any atom is 0.326 e. The molecular formula is C18H14BrClN2O6S. The summed E-state index contributed by atoms with van der Waals surface area (Å²) in [5.41, 5.74) is 1.34. The number of rotatable bonds is 6. The van der Waals surface area contributed by atoms with Gasteiger partial charge in [-0.1, -0.05) is 39.7 Å². The van der Waals surface area contributed by atoms with E-state index in [2.05, 4.69) is 20.9 Å². The average Bonchev–Trinajstić information content (AvgIpc) is 3.12. The van der Waals surface area contributed by atoms with Crippen molar-refractivity contribution in [2.75, 3.05) is 7.11 Å². The van der Waals surface area contributed by atoms with Gasteiger partial charge in [-0.15, -0.1) is 0 Å². The summed E-state index contributed by atoms with van der Waals surface area (Å²) in [4.78, 5) is 14.4. The van der Waals surface area contributed by atoms with E-state index in [1.165, 1.54) is 31.4 Å². The molecular weight excluding hydrogens is 488 g/mol. The Kier molecular flexibility index (Phi) is 5.99. The number of nitrogens with two attached hydrogens (primary N) is 1. The Hall–Kier alpha value is -2.40. The minimum Gasteiger partial charge on any atom is -0.495 e. The first-order valence-corrected chi connectivity index (χ1v) is 10.8. The lowest BCUT2D eigenvalue weighted by Crippen LogP contribution is -2.11. The molecule has 152 valence electrons. The number of carboxylic acids is 1. The molecule has 0 bridgehead atoms. The van der Waals surface area contributed by atoms with E-state index < -0.39 is 20.8 Å². The van der Waals surface area contributed by atoms with Crippen molar-refractivity contribution in [1.29, 1.82) is 0 Å². The highest BCUT2D eigenvalue weighted by molar-refractivity contribution is 9.09. The summed E-state index contributed by atoms with van der Waals surface area (Å²) < 4.78 is 33.8. The van der Waals surface area contributed by atoms with Gasteiger partial charge in [0.15, 0.2) is 10.6 Å². The van der Waals surface area contributed by atoms with Crippen molar-refractivity contribution in [3.05, 3.63) is 53.4 Å². The first kappa shape index (κ1) is 21.3. The molecule has 3 N–H and O–H groups in total. The maximum absolute atomic E-state index is 11.5. The second kappa shape index (κ2) is 8.15. The number of nitrogens with zero attached hydrogens (tertiary/aromatic N) is 1. The van der Waals surface area contributed by atoms with Crippen LogP contribution in [0, 0.1) is 0 Å². The van der Waals surface area contributed by atoms with Crippen LogP contribution in [-0.2, 0) is 14.8 Å². The number of primary sulfonamides is 1. The van der Waals surface area contributed by atoms with Gasteiger partial charge in [-0.25, -0.2) is 18.5 Å². The number of sulfonamides is 1. The molecule has 1 atom stereocenters. The van der Waals surface area contributed by atoms with Crippen molar-refractivity contribution >= 4 is 43.5 Å². The van der Waals surface area contributed by atoms with Crippen LogP contribution in [-0.4, -0.2) is 31.6 Å². The van der Waals surface area contributed by atoms with Gasteiger partial charge in [0.25, 0.3) is 0 Å². The monoisotopic (exact) mass is 500 g/mol. The number of benzene rings is 2. The number of alkyl halides is 1. The third-order valence-corrected chi connectivity index (χ3v) is 5.96. The second-order valence-corrected chi connectivity index (χ2v) is 8.73. The fourth-order valence-electron chi connectivity index (χ4n) is 2.55. The van der Waals surface area contributed by atoms with Gasteiger partial charge >= 0.3 is 5.97 Å². The summed E-state index contributed by atoms with van der Waals surface area (Å²) in [5, 5.41) is 14.7. The van der Waals surface area contributed by atoms with Gasteiger partial charge in [-0.05, 0) is 30.3 Å². The molecule has 1 heterocycles. The summed E-state index contributed by atoms with van der Waals surface area (Å²) in [6.07, 6.45) is 0. The predicted molar refractivity (Wildman–Crippen MR) is 110 cm³/mol.